The first-order valence-corrected chi connectivity index (χ1v) is 11.0. The van der Waals surface area contributed by atoms with E-state index in [1.54, 1.807) is 0 Å². The van der Waals surface area contributed by atoms with Gasteiger partial charge in [-0.15, -0.1) is 12.6 Å². The molecule has 0 amide bonds. The van der Waals surface area contributed by atoms with Crippen molar-refractivity contribution in [1.29, 1.82) is 0 Å². The summed E-state index contributed by atoms with van der Waals surface area (Å²) in [6.07, 6.45) is 0. The molecular formula is C16H10N2O8S3. The third kappa shape index (κ3) is 3.12. The minimum absolute atomic E-state index is 0.0516. The highest BCUT2D eigenvalue weighted by Crippen LogP contribution is 2.39. The van der Waals surface area contributed by atoms with Gasteiger partial charge in [0.1, 0.15) is 11.4 Å². The molecule has 0 saturated carbocycles. The fourth-order valence-electron chi connectivity index (χ4n) is 3.04. The van der Waals surface area contributed by atoms with Gasteiger partial charge in [-0.2, -0.15) is 16.8 Å². The normalized spacial score (nSPS) is 18.3. The maximum atomic E-state index is 12.8. The van der Waals surface area contributed by atoms with Gasteiger partial charge in [-0.1, -0.05) is 0 Å². The highest BCUT2D eigenvalue weighted by molar-refractivity contribution is 7.86. The summed E-state index contributed by atoms with van der Waals surface area (Å²) in [6, 6.07) is 5.32. The number of anilines is 2. The van der Waals surface area contributed by atoms with E-state index in [4.69, 9.17) is 4.55 Å². The summed E-state index contributed by atoms with van der Waals surface area (Å²) in [5.74, 6) is -1.43. The largest absolute Gasteiger partial charge is 0.350 e. The van der Waals surface area contributed by atoms with Crippen LogP contribution < -0.4 is 10.6 Å². The lowest BCUT2D eigenvalue weighted by molar-refractivity contribution is 0.101. The summed E-state index contributed by atoms with van der Waals surface area (Å²) in [4.78, 5) is 24.5. The molecule has 0 fully saturated rings. The van der Waals surface area contributed by atoms with Crippen LogP contribution in [0.1, 0.15) is 20.7 Å². The second-order valence-electron chi connectivity index (χ2n) is 6.18. The molecule has 150 valence electrons. The van der Waals surface area contributed by atoms with Crippen molar-refractivity contribution in [2.24, 2.45) is 0 Å². The lowest BCUT2D eigenvalue weighted by Gasteiger charge is -2.06. The molecule has 0 atom stereocenters. The predicted octanol–water partition coefficient (Wildman–Crippen LogP) is 1.60. The number of benzene rings is 2. The molecule has 29 heavy (non-hydrogen) atoms. The number of fused-ring (bicyclic) bond motifs is 2. The maximum absolute atomic E-state index is 12.8. The van der Waals surface area contributed by atoms with Crippen molar-refractivity contribution in [3.05, 3.63) is 52.9 Å². The van der Waals surface area contributed by atoms with Gasteiger partial charge in [0.25, 0.3) is 20.2 Å². The number of thiol groups is 1. The average molecular weight is 454 g/mol. The highest BCUT2D eigenvalue weighted by atomic mass is 32.2. The van der Waals surface area contributed by atoms with Gasteiger partial charge in [0, 0.05) is 10.5 Å². The van der Waals surface area contributed by atoms with E-state index >= 15 is 0 Å². The van der Waals surface area contributed by atoms with E-state index in [1.165, 1.54) is 6.07 Å². The minimum Gasteiger partial charge on any atom is -0.350 e. The van der Waals surface area contributed by atoms with Crippen molar-refractivity contribution < 1.29 is 35.5 Å². The highest BCUT2D eigenvalue weighted by Gasteiger charge is 2.37. The number of ketones is 2. The topological polar surface area (TPSA) is 167 Å². The van der Waals surface area contributed by atoms with E-state index in [0.717, 1.165) is 24.3 Å². The van der Waals surface area contributed by atoms with Crippen molar-refractivity contribution in [3.63, 3.8) is 0 Å². The molecule has 2 aliphatic heterocycles. The quantitative estimate of drug-likeness (QED) is 0.255. The number of hydrogen-bond acceptors (Lipinski definition) is 9. The molecule has 0 radical (unpaired) electrons. The average Bonchev–Trinajstić information content (AvgIpc) is 3.11. The maximum Gasteiger partial charge on any atom is 0.294 e. The van der Waals surface area contributed by atoms with Gasteiger partial charge >= 0.3 is 0 Å². The number of nitrogens with one attached hydrogen (secondary N) is 2. The summed E-state index contributed by atoms with van der Waals surface area (Å²) in [5, 5.41) is 5.42. The molecule has 0 saturated heterocycles. The molecule has 4 rings (SSSR count). The van der Waals surface area contributed by atoms with Crippen molar-refractivity contribution in [2.45, 2.75) is 14.7 Å². The van der Waals surface area contributed by atoms with E-state index in [9.17, 15) is 31.0 Å². The number of hydrogen-bond donors (Lipinski definition) is 5. The Labute approximate surface area is 169 Å². The number of allylic oxidation sites excluding steroid dienone is 2. The predicted molar refractivity (Wildman–Crippen MR) is 103 cm³/mol. The van der Waals surface area contributed by atoms with Crippen LogP contribution in [0.25, 0.3) is 0 Å². The van der Waals surface area contributed by atoms with Crippen molar-refractivity contribution >= 4 is 55.8 Å². The molecule has 0 aromatic heterocycles. The Morgan fingerprint density at radius 2 is 1.31 bits per heavy atom. The first-order valence-electron chi connectivity index (χ1n) is 7.71. The number of Topliss-reactive ketones (excluding diaryl/α,β-unsaturated/α-hetero) is 2. The molecule has 0 spiro atoms. The minimum atomic E-state index is -4.59. The van der Waals surface area contributed by atoms with E-state index < -0.39 is 41.6 Å². The Morgan fingerprint density at radius 3 is 1.93 bits per heavy atom. The third-order valence-electron chi connectivity index (χ3n) is 4.38. The summed E-state index contributed by atoms with van der Waals surface area (Å²) in [6.45, 7) is 0. The molecule has 0 aliphatic carbocycles. The molecular weight excluding hydrogens is 444 g/mol. The number of rotatable bonds is 2. The summed E-state index contributed by atoms with van der Waals surface area (Å²) in [5.41, 5.74) is -0.195. The van der Waals surface area contributed by atoms with Crippen LogP contribution in [-0.2, 0) is 20.2 Å². The van der Waals surface area contributed by atoms with Crippen LogP contribution >= 0.6 is 12.6 Å². The van der Waals surface area contributed by atoms with Crippen LogP contribution in [0.5, 0.6) is 0 Å². The zero-order valence-corrected chi connectivity index (χ0v) is 16.5. The third-order valence-corrected chi connectivity index (χ3v) is 6.41. The fraction of sp³-hybridized carbons (Fsp3) is 0. The Balaban J connectivity index is 1.82. The number of carbonyl (C=O) groups is 2. The Morgan fingerprint density at radius 1 is 0.759 bits per heavy atom. The van der Waals surface area contributed by atoms with Gasteiger partial charge in [0.15, 0.2) is 0 Å². The zero-order valence-electron chi connectivity index (χ0n) is 14.0. The molecule has 10 nitrogen and oxygen atoms in total. The molecule has 2 heterocycles. The van der Waals surface area contributed by atoms with Crippen LogP contribution in [0.2, 0.25) is 0 Å². The first-order chi connectivity index (χ1) is 13.4. The smallest absolute Gasteiger partial charge is 0.294 e. The molecule has 0 bridgehead atoms. The van der Waals surface area contributed by atoms with Crippen LogP contribution in [-0.4, -0.2) is 37.5 Å². The zero-order chi connectivity index (χ0) is 21.3. The Kier molecular flexibility index (Phi) is 4.15. The molecule has 2 aliphatic rings. The summed E-state index contributed by atoms with van der Waals surface area (Å²) < 4.78 is 63.7. The van der Waals surface area contributed by atoms with Crippen LogP contribution in [0.3, 0.4) is 0 Å². The number of carbonyl (C=O) groups excluding carboxylic acids is 2. The van der Waals surface area contributed by atoms with Crippen molar-refractivity contribution in [3.8, 4) is 0 Å². The van der Waals surface area contributed by atoms with Crippen LogP contribution in [0, 0.1) is 0 Å². The van der Waals surface area contributed by atoms with Crippen LogP contribution in [0.15, 0.2) is 56.4 Å². The lowest BCUT2D eigenvalue weighted by Crippen LogP contribution is -2.13. The summed E-state index contributed by atoms with van der Waals surface area (Å²) in [7, 11) is -9.12. The monoisotopic (exact) mass is 454 g/mol. The van der Waals surface area contributed by atoms with Gasteiger partial charge in [-0.05, 0) is 30.3 Å². The van der Waals surface area contributed by atoms with E-state index in [2.05, 4.69) is 23.3 Å². The standard InChI is InChI=1S/C16H10N2O8S3/c19-15-8-3-6(28(21,22)23)1-2-10(8)17-13(15)14-16(20)9-4-7(29(24,25)26)5-11(27)12(9)18-14/h1-5,17-18,27H,(H,21,22,23)(H,24,25,26)/b14-13+. The van der Waals surface area contributed by atoms with Gasteiger partial charge in [-0.25, -0.2) is 0 Å². The SMILES string of the molecule is O=C1/C(=C2\Nc3c(S)cc(S(=O)(=O)O)cc3C2=O)Nc2ccc(S(=O)(=O)O)cc21. The lowest BCUT2D eigenvalue weighted by atomic mass is 10.1. The first kappa shape index (κ1) is 19.6. The van der Waals surface area contributed by atoms with Crippen molar-refractivity contribution in [1.82, 2.24) is 0 Å². The van der Waals surface area contributed by atoms with Gasteiger partial charge in [0.2, 0.25) is 11.6 Å². The molecule has 2 aromatic carbocycles. The summed E-state index contributed by atoms with van der Waals surface area (Å²) >= 11 is 4.12. The second-order valence-corrected chi connectivity index (χ2v) is 9.51. The van der Waals surface area contributed by atoms with Gasteiger partial charge in [-0.3, -0.25) is 18.7 Å². The Bertz CT molecular complexity index is 1390. The molecule has 2 aromatic rings. The fourth-order valence-corrected chi connectivity index (χ4v) is 4.48. The van der Waals surface area contributed by atoms with E-state index in [-0.39, 0.29) is 38.8 Å². The van der Waals surface area contributed by atoms with Gasteiger partial charge < -0.3 is 10.6 Å². The molecule has 13 heteroatoms. The van der Waals surface area contributed by atoms with Crippen LogP contribution in [0.4, 0.5) is 11.4 Å². The molecule has 0 unspecified atom stereocenters. The van der Waals surface area contributed by atoms with Gasteiger partial charge in [0.05, 0.1) is 26.7 Å². The Hall–Kier alpha value is -2.71. The second kappa shape index (κ2) is 6.14. The molecule has 4 N–H and O–H groups in total. The van der Waals surface area contributed by atoms with E-state index in [0.29, 0.717) is 0 Å². The van der Waals surface area contributed by atoms with Crippen molar-refractivity contribution in [2.75, 3.05) is 10.6 Å². The van der Waals surface area contributed by atoms with E-state index in [1.807, 2.05) is 0 Å².